The van der Waals surface area contributed by atoms with Crippen LogP contribution in [0.2, 0.25) is 0 Å². The molecule has 0 spiro atoms. The molecule has 2 aromatic heterocycles. The highest BCUT2D eigenvalue weighted by Crippen LogP contribution is 2.36. The lowest BCUT2D eigenvalue weighted by Crippen LogP contribution is -1.97. The molecular formula is C15H14O3S. The van der Waals surface area contributed by atoms with E-state index in [2.05, 4.69) is 0 Å². The summed E-state index contributed by atoms with van der Waals surface area (Å²) in [5.74, 6) is 1.23. The van der Waals surface area contributed by atoms with E-state index in [0.29, 0.717) is 11.5 Å². The standard InChI is InChI=1S/C15H14O3S/c1-9-3-4-11-10(7-9)8-13(18-11)14(16)15-12(17-2)5-6-19-15/h3-8,14,16H,1-2H3. The van der Waals surface area contributed by atoms with Gasteiger partial charge in [-0.3, -0.25) is 0 Å². The fraction of sp³-hybridized carbons (Fsp3) is 0.200. The summed E-state index contributed by atoms with van der Waals surface area (Å²) >= 11 is 1.46. The first kappa shape index (κ1) is 12.3. The predicted molar refractivity (Wildman–Crippen MR) is 75.9 cm³/mol. The molecule has 19 heavy (non-hydrogen) atoms. The molecular weight excluding hydrogens is 260 g/mol. The van der Waals surface area contributed by atoms with Gasteiger partial charge in [0.1, 0.15) is 23.2 Å². The molecule has 3 nitrogen and oxygen atoms in total. The second kappa shape index (κ2) is 4.72. The Labute approximate surface area is 115 Å². The van der Waals surface area contributed by atoms with E-state index < -0.39 is 6.10 Å². The molecule has 0 saturated carbocycles. The smallest absolute Gasteiger partial charge is 0.149 e. The molecule has 98 valence electrons. The van der Waals surface area contributed by atoms with Crippen LogP contribution >= 0.6 is 11.3 Å². The molecule has 0 aliphatic rings. The van der Waals surface area contributed by atoms with Crippen molar-refractivity contribution in [2.45, 2.75) is 13.0 Å². The van der Waals surface area contributed by atoms with Gasteiger partial charge in [-0.15, -0.1) is 11.3 Å². The van der Waals surface area contributed by atoms with Gasteiger partial charge < -0.3 is 14.3 Å². The Hall–Kier alpha value is -1.78. The van der Waals surface area contributed by atoms with E-state index in [1.54, 1.807) is 7.11 Å². The molecule has 2 heterocycles. The molecule has 1 aromatic carbocycles. The minimum absolute atomic E-state index is 0.543. The molecule has 0 radical (unpaired) electrons. The normalized spacial score (nSPS) is 12.8. The molecule has 4 heteroatoms. The number of benzene rings is 1. The number of rotatable bonds is 3. The van der Waals surface area contributed by atoms with Gasteiger partial charge in [-0.25, -0.2) is 0 Å². The van der Waals surface area contributed by atoms with Crippen LogP contribution in [0.4, 0.5) is 0 Å². The van der Waals surface area contributed by atoms with Crippen LogP contribution in [0.25, 0.3) is 11.0 Å². The minimum Gasteiger partial charge on any atom is -0.495 e. The molecule has 0 saturated heterocycles. The third kappa shape index (κ3) is 2.13. The molecule has 1 N–H and O–H groups in total. The van der Waals surface area contributed by atoms with Crippen LogP contribution < -0.4 is 4.74 Å². The second-order valence-electron chi connectivity index (χ2n) is 4.45. The Kier molecular flexibility index (Phi) is 3.05. The molecule has 0 fully saturated rings. The van der Waals surface area contributed by atoms with Crippen molar-refractivity contribution in [3.8, 4) is 5.75 Å². The molecule has 0 aliphatic heterocycles. The first-order chi connectivity index (χ1) is 9.19. The van der Waals surface area contributed by atoms with E-state index in [0.717, 1.165) is 15.8 Å². The third-order valence-electron chi connectivity index (χ3n) is 3.09. The summed E-state index contributed by atoms with van der Waals surface area (Å²) in [7, 11) is 1.60. The fourth-order valence-electron chi connectivity index (χ4n) is 2.12. The number of fused-ring (bicyclic) bond motifs is 1. The van der Waals surface area contributed by atoms with Gasteiger partial charge in [-0.1, -0.05) is 11.6 Å². The van der Waals surface area contributed by atoms with Crippen LogP contribution in [-0.2, 0) is 0 Å². The van der Waals surface area contributed by atoms with Gasteiger partial charge in [0.25, 0.3) is 0 Å². The highest BCUT2D eigenvalue weighted by molar-refractivity contribution is 7.10. The third-order valence-corrected chi connectivity index (χ3v) is 4.04. The van der Waals surface area contributed by atoms with Crippen molar-refractivity contribution < 1.29 is 14.3 Å². The highest BCUT2D eigenvalue weighted by Gasteiger charge is 2.20. The van der Waals surface area contributed by atoms with Crippen LogP contribution in [0.15, 0.2) is 40.1 Å². The lowest BCUT2D eigenvalue weighted by Gasteiger charge is -2.07. The van der Waals surface area contributed by atoms with Crippen molar-refractivity contribution in [2.75, 3.05) is 7.11 Å². The maximum atomic E-state index is 10.4. The first-order valence-corrected chi connectivity index (χ1v) is 6.86. The number of aliphatic hydroxyl groups is 1. The molecule has 3 aromatic rings. The van der Waals surface area contributed by atoms with Crippen molar-refractivity contribution in [3.05, 3.63) is 51.9 Å². The summed E-state index contributed by atoms with van der Waals surface area (Å²) in [5.41, 5.74) is 1.96. The lowest BCUT2D eigenvalue weighted by atomic mass is 10.1. The topological polar surface area (TPSA) is 42.6 Å². The number of thiophene rings is 1. The Morgan fingerprint density at radius 3 is 2.89 bits per heavy atom. The Balaban J connectivity index is 2.04. The number of hydrogen-bond donors (Lipinski definition) is 1. The zero-order valence-corrected chi connectivity index (χ0v) is 11.5. The maximum Gasteiger partial charge on any atom is 0.149 e. The van der Waals surface area contributed by atoms with Gasteiger partial charge in [0.2, 0.25) is 0 Å². The van der Waals surface area contributed by atoms with E-state index in [1.807, 2.05) is 42.6 Å². The monoisotopic (exact) mass is 274 g/mol. The van der Waals surface area contributed by atoms with Crippen molar-refractivity contribution in [1.82, 2.24) is 0 Å². The Bertz CT molecular complexity index is 711. The van der Waals surface area contributed by atoms with Gasteiger partial charge in [0.05, 0.1) is 12.0 Å². The summed E-state index contributed by atoms with van der Waals surface area (Å²) in [6.45, 7) is 2.03. The lowest BCUT2D eigenvalue weighted by molar-refractivity contribution is 0.192. The van der Waals surface area contributed by atoms with Crippen molar-refractivity contribution in [1.29, 1.82) is 0 Å². The number of aliphatic hydroxyl groups excluding tert-OH is 1. The van der Waals surface area contributed by atoms with Gasteiger partial charge in [0.15, 0.2) is 0 Å². The van der Waals surface area contributed by atoms with Crippen molar-refractivity contribution in [3.63, 3.8) is 0 Å². The summed E-state index contributed by atoms with van der Waals surface area (Å²) in [6, 6.07) is 9.68. The van der Waals surface area contributed by atoms with Crippen LogP contribution in [-0.4, -0.2) is 12.2 Å². The summed E-state index contributed by atoms with van der Waals surface area (Å²) in [6.07, 6.45) is -0.789. The predicted octanol–water partition coefficient (Wildman–Crippen LogP) is 3.89. The molecule has 1 atom stereocenters. The molecule has 0 amide bonds. The summed E-state index contributed by atoms with van der Waals surface area (Å²) < 4.78 is 10.9. The number of hydrogen-bond acceptors (Lipinski definition) is 4. The highest BCUT2D eigenvalue weighted by atomic mass is 32.1. The number of aryl methyl sites for hydroxylation is 1. The number of ether oxygens (including phenoxy) is 1. The van der Waals surface area contributed by atoms with Crippen molar-refractivity contribution >= 4 is 22.3 Å². The van der Waals surface area contributed by atoms with Gasteiger partial charge in [-0.05, 0) is 36.6 Å². The van der Waals surface area contributed by atoms with Crippen LogP contribution in [0.1, 0.15) is 22.3 Å². The number of methoxy groups -OCH3 is 1. The second-order valence-corrected chi connectivity index (χ2v) is 5.39. The number of furan rings is 1. The minimum atomic E-state index is -0.789. The van der Waals surface area contributed by atoms with Crippen LogP contribution in [0.3, 0.4) is 0 Å². The van der Waals surface area contributed by atoms with E-state index >= 15 is 0 Å². The van der Waals surface area contributed by atoms with Gasteiger partial charge in [-0.2, -0.15) is 0 Å². The van der Waals surface area contributed by atoms with Gasteiger partial charge >= 0.3 is 0 Å². The van der Waals surface area contributed by atoms with E-state index in [9.17, 15) is 5.11 Å². The zero-order chi connectivity index (χ0) is 13.4. The molecule has 1 unspecified atom stereocenters. The quantitative estimate of drug-likeness (QED) is 0.787. The molecule has 0 bridgehead atoms. The molecule has 3 rings (SSSR count). The Morgan fingerprint density at radius 1 is 1.26 bits per heavy atom. The largest absolute Gasteiger partial charge is 0.495 e. The van der Waals surface area contributed by atoms with Gasteiger partial charge in [0, 0.05) is 5.39 Å². The van der Waals surface area contributed by atoms with Crippen molar-refractivity contribution in [2.24, 2.45) is 0 Å². The Morgan fingerprint density at radius 2 is 2.11 bits per heavy atom. The SMILES string of the molecule is COc1ccsc1C(O)c1cc2cc(C)ccc2o1. The first-order valence-electron chi connectivity index (χ1n) is 5.98. The van der Waals surface area contributed by atoms with E-state index in [-0.39, 0.29) is 0 Å². The van der Waals surface area contributed by atoms with Crippen LogP contribution in [0.5, 0.6) is 5.75 Å². The average molecular weight is 274 g/mol. The summed E-state index contributed by atoms with van der Waals surface area (Å²) in [5, 5.41) is 13.3. The average Bonchev–Trinajstić information content (AvgIpc) is 3.03. The molecule has 0 aliphatic carbocycles. The fourth-order valence-corrected chi connectivity index (χ4v) is 2.98. The zero-order valence-electron chi connectivity index (χ0n) is 10.7. The van der Waals surface area contributed by atoms with E-state index in [1.165, 1.54) is 16.9 Å². The summed E-state index contributed by atoms with van der Waals surface area (Å²) in [4.78, 5) is 0.762. The van der Waals surface area contributed by atoms with E-state index in [4.69, 9.17) is 9.15 Å². The maximum absolute atomic E-state index is 10.4. The van der Waals surface area contributed by atoms with Crippen LogP contribution in [0, 0.1) is 6.92 Å².